The number of hydrogen-bond acceptors (Lipinski definition) is 7. The Morgan fingerprint density at radius 1 is 1.23 bits per heavy atom. The van der Waals surface area contributed by atoms with Gasteiger partial charge in [0.05, 0.1) is 18.1 Å². The van der Waals surface area contributed by atoms with Crippen LogP contribution in [-0.4, -0.2) is 65.3 Å². The first kappa shape index (κ1) is 21.2. The number of amides is 2. The zero-order chi connectivity index (χ0) is 19.6. The molecule has 148 valence electrons. The molecule has 6 atom stereocenters. The largest absolute Gasteiger partial charge is 0.469 e. The molecule has 2 amide bonds. The summed E-state index contributed by atoms with van der Waals surface area (Å²) in [6.07, 6.45) is -1.77. The molecule has 0 saturated carbocycles. The summed E-state index contributed by atoms with van der Waals surface area (Å²) in [5.74, 6) is -1.89. The zero-order valence-electron chi connectivity index (χ0n) is 14.9. The van der Waals surface area contributed by atoms with Crippen LogP contribution in [0.5, 0.6) is 0 Å². The lowest BCUT2D eigenvalue weighted by Gasteiger charge is -2.28. The second-order valence-corrected chi connectivity index (χ2v) is 7.65. The fourth-order valence-corrected chi connectivity index (χ4v) is 3.73. The number of methoxy groups -OCH3 is 1. The van der Waals surface area contributed by atoms with E-state index in [-0.39, 0.29) is 6.10 Å². The smallest absolute Gasteiger partial charge is 0.376 e. The molecule has 2 aliphatic rings. The highest BCUT2D eigenvalue weighted by Gasteiger charge is 2.53. The van der Waals surface area contributed by atoms with E-state index in [4.69, 9.17) is 28.5 Å². The van der Waals surface area contributed by atoms with E-state index in [2.05, 4.69) is 5.32 Å². The van der Waals surface area contributed by atoms with Crippen molar-refractivity contribution >= 4 is 19.6 Å². The van der Waals surface area contributed by atoms with Crippen LogP contribution in [0, 0.1) is 5.92 Å². The number of phosphoric ester groups is 1. The molecule has 0 aliphatic carbocycles. The molecular weight excluding hydrogens is 369 g/mol. The van der Waals surface area contributed by atoms with E-state index in [0.717, 1.165) is 0 Å². The number of carbonyl (C=O) groups excluding carboxylic acids is 2. The Morgan fingerprint density at radius 3 is 2.38 bits per heavy atom. The van der Waals surface area contributed by atoms with Crippen LogP contribution in [0.25, 0.3) is 0 Å². The summed E-state index contributed by atoms with van der Waals surface area (Å²) in [5.41, 5.74) is 0. The minimum Gasteiger partial charge on any atom is -0.376 e. The first-order valence-corrected chi connectivity index (χ1v) is 9.67. The van der Waals surface area contributed by atoms with E-state index in [1.165, 1.54) is 26.2 Å². The van der Waals surface area contributed by atoms with Gasteiger partial charge in [-0.25, -0.2) is 4.57 Å². The predicted octanol–water partition coefficient (Wildman–Crippen LogP) is -0.111. The average molecular weight is 393 g/mol. The van der Waals surface area contributed by atoms with E-state index in [0.29, 0.717) is 0 Å². The number of ether oxygens (including phenoxy) is 3. The van der Waals surface area contributed by atoms with E-state index in [1.54, 1.807) is 13.8 Å². The summed E-state index contributed by atoms with van der Waals surface area (Å²) in [6, 6.07) is 0. The molecule has 2 unspecified atom stereocenters. The quantitative estimate of drug-likeness (QED) is 0.399. The SMILES string of the molecule is COC1[C@H](C2C=CC(=O)NC2=O)O[C@H]([C@H](C)OP(=O)(O)O)[C@@H]1OC(C)C. The van der Waals surface area contributed by atoms with Crippen LogP contribution in [0.4, 0.5) is 0 Å². The lowest BCUT2D eigenvalue weighted by atomic mass is 9.92. The molecule has 1 fully saturated rings. The van der Waals surface area contributed by atoms with E-state index in [1.807, 2.05) is 0 Å². The van der Waals surface area contributed by atoms with Crippen molar-refractivity contribution in [2.24, 2.45) is 5.92 Å². The maximum Gasteiger partial charge on any atom is 0.469 e. The summed E-state index contributed by atoms with van der Waals surface area (Å²) in [7, 11) is -3.33. The highest BCUT2D eigenvalue weighted by Crippen LogP contribution is 2.42. The van der Waals surface area contributed by atoms with Crippen molar-refractivity contribution in [3.63, 3.8) is 0 Å². The predicted molar refractivity (Wildman–Crippen MR) is 87.8 cm³/mol. The van der Waals surface area contributed by atoms with E-state index >= 15 is 0 Å². The fraction of sp³-hybridized carbons (Fsp3) is 0.733. The Bertz CT molecular complexity index is 616. The minimum absolute atomic E-state index is 0.234. The molecule has 2 aliphatic heterocycles. The van der Waals surface area contributed by atoms with Crippen molar-refractivity contribution in [2.45, 2.75) is 57.4 Å². The Hall–Kier alpha value is -1.13. The molecular formula is C15H24NO9P. The normalized spacial score (nSPS) is 33.6. The lowest BCUT2D eigenvalue weighted by molar-refractivity contribution is -0.137. The third-order valence-corrected chi connectivity index (χ3v) is 4.72. The van der Waals surface area contributed by atoms with Gasteiger partial charge < -0.3 is 24.0 Å². The number of rotatable bonds is 7. The van der Waals surface area contributed by atoms with Gasteiger partial charge in [-0.3, -0.25) is 19.4 Å². The van der Waals surface area contributed by atoms with Crippen LogP contribution in [0.15, 0.2) is 12.2 Å². The van der Waals surface area contributed by atoms with Crippen LogP contribution in [-0.2, 0) is 32.9 Å². The van der Waals surface area contributed by atoms with Gasteiger partial charge in [0, 0.05) is 13.2 Å². The third kappa shape index (κ3) is 4.98. The van der Waals surface area contributed by atoms with Gasteiger partial charge in [-0.15, -0.1) is 0 Å². The van der Waals surface area contributed by atoms with Crippen LogP contribution in [0.3, 0.4) is 0 Å². The average Bonchev–Trinajstić information content (AvgIpc) is 2.83. The van der Waals surface area contributed by atoms with Gasteiger partial charge in [0.2, 0.25) is 11.8 Å². The standard InChI is InChI=1S/C15H24NO9P/c1-7(2)23-14-11(8(3)25-26(19,20)21)24-12(13(14)22-4)9-5-6-10(17)16-15(9)18/h5-9,11-14H,1-4H3,(H,16,17,18)(H2,19,20,21)/t8-,9?,11+,12-,13?,14-/m0/s1. The van der Waals surface area contributed by atoms with E-state index in [9.17, 15) is 14.2 Å². The molecule has 0 spiro atoms. The highest BCUT2D eigenvalue weighted by molar-refractivity contribution is 7.46. The van der Waals surface area contributed by atoms with Crippen molar-refractivity contribution < 1.29 is 42.7 Å². The van der Waals surface area contributed by atoms with Gasteiger partial charge in [-0.05, 0) is 20.8 Å². The summed E-state index contributed by atoms with van der Waals surface area (Å²) < 4.78 is 33.1. The summed E-state index contributed by atoms with van der Waals surface area (Å²) in [5, 5.41) is 2.19. The Labute approximate surface area is 151 Å². The minimum atomic E-state index is -4.75. The molecule has 0 radical (unpaired) electrons. The molecule has 26 heavy (non-hydrogen) atoms. The van der Waals surface area contributed by atoms with Crippen LogP contribution in [0.1, 0.15) is 20.8 Å². The fourth-order valence-electron chi connectivity index (χ4n) is 3.17. The van der Waals surface area contributed by atoms with Gasteiger partial charge in [-0.1, -0.05) is 6.08 Å². The number of nitrogens with one attached hydrogen (secondary N) is 1. The van der Waals surface area contributed by atoms with Crippen molar-refractivity contribution in [3.05, 3.63) is 12.2 Å². The Kier molecular flexibility index (Phi) is 6.73. The molecule has 2 heterocycles. The van der Waals surface area contributed by atoms with Crippen LogP contribution in [0.2, 0.25) is 0 Å². The monoisotopic (exact) mass is 393 g/mol. The maximum absolute atomic E-state index is 12.2. The number of phosphoric acid groups is 1. The summed E-state index contributed by atoms with van der Waals surface area (Å²) in [6.45, 7) is 5.02. The van der Waals surface area contributed by atoms with Gasteiger partial charge in [-0.2, -0.15) is 0 Å². The molecule has 3 N–H and O–H groups in total. The first-order chi connectivity index (χ1) is 12.0. The highest BCUT2D eigenvalue weighted by atomic mass is 31.2. The Morgan fingerprint density at radius 2 is 1.88 bits per heavy atom. The molecule has 2 rings (SSSR count). The molecule has 0 aromatic heterocycles. The van der Waals surface area contributed by atoms with Crippen LogP contribution < -0.4 is 5.32 Å². The van der Waals surface area contributed by atoms with Crippen molar-refractivity contribution in [1.82, 2.24) is 5.32 Å². The third-order valence-electron chi connectivity index (χ3n) is 4.11. The van der Waals surface area contributed by atoms with E-state index < -0.39 is 56.1 Å². The van der Waals surface area contributed by atoms with Crippen molar-refractivity contribution in [1.29, 1.82) is 0 Å². The number of hydrogen-bond donors (Lipinski definition) is 3. The topological polar surface area (TPSA) is 141 Å². The van der Waals surface area contributed by atoms with Crippen molar-refractivity contribution in [2.75, 3.05) is 7.11 Å². The van der Waals surface area contributed by atoms with Crippen LogP contribution >= 0.6 is 7.82 Å². The number of imide groups is 1. The summed E-state index contributed by atoms with van der Waals surface area (Å²) >= 11 is 0. The zero-order valence-corrected chi connectivity index (χ0v) is 15.8. The van der Waals surface area contributed by atoms with Gasteiger partial charge in [0.15, 0.2) is 0 Å². The summed E-state index contributed by atoms with van der Waals surface area (Å²) in [4.78, 5) is 41.6. The number of carbonyl (C=O) groups is 2. The molecule has 1 saturated heterocycles. The van der Waals surface area contributed by atoms with Gasteiger partial charge in [0.25, 0.3) is 0 Å². The molecule has 0 aromatic carbocycles. The van der Waals surface area contributed by atoms with Crippen molar-refractivity contribution in [3.8, 4) is 0 Å². The molecule has 0 aromatic rings. The Balaban J connectivity index is 2.30. The maximum atomic E-state index is 12.2. The van der Waals surface area contributed by atoms with Gasteiger partial charge in [0.1, 0.15) is 24.4 Å². The molecule has 10 nitrogen and oxygen atoms in total. The second-order valence-electron chi connectivity index (χ2n) is 6.45. The second kappa shape index (κ2) is 8.26. The molecule has 0 bridgehead atoms. The lowest BCUT2D eigenvalue weighted by Crippen LogP contribution is -2.47. The van der Waals surface area contributed by atoms with Gasteiger partial charge >= 0.3 is 7.82 Å². The molecule has 11 heteroatoms. The first-order valence-electron chi connectivity index (χ1n) is 8.14.